The maximum absolute atomic E-state index is 12.3. The summed E-state index contributed by atoms with van der Waals surface area (Å²) in [5, 5.41) is 6.09. The zero-order chi connectivity index (χ0) is 12.3. The topological polar surface area (TPSA) is 45.2 Å². The lowest BCUT2D eigenvalue weighted by Crippen LogP contribution is -2.43. The molecule has 2 atom stereocenters. The van der Waals surface area contributed by atoms with Crippen LogP contribution in [0.4, 0.5) is 0 Å². The minimum atomic E-state index is -0.0279. The van der Waals surface area contributed by atoms with Gasteiger partial charge in [0.1, 0.15) is 5.01 Å². The molecular weight excluding hydrogens is 234 g/mol. The van der Waals surface area contributed by atoms with E-state index in [1.54, 1.807) is 17.5 Å². The predicted molar refractivity (Wildman–Crippen MR) is 68.8 cm³/mol. The zero-order valence-electron chi connectivity index (χ0n) is 10.3. The van der Waals surface area contributed by atoms with Gasteiger partial charge in [0.15, 0.2) is 0 Å². The third-order valence-electron chi connectivity index (χ3n) is 3.25. The third kappa shape index (κ3) is 3.04. The summed E-state index contributed by atoms with van der Waals surface area (Å²) in [5.74, 6) is 0.782. The van der Waals surface area contributed by atoms with Gasteiger partial charge in [-0.15, -0.1) is 11.3 Å². The molecule has 2 rings (SSSR count). The number of nitrogens with one attached hydrogen (secondary N) is 1. The Morgan fingerprint density at radius 2 is 2.41 bits per heavy atom. The first kappa shape index (κ1) is 12.5. The van der Waals surface area contributed by atoms with Crippen LogP contribution in [0.3, 0.4) is 0 Å². The standard InChI is InChI=1S/C12H19N3OS/c1-9-3-4-10(13-2)12(16)15(7-9)8-11-14-5-6-17-11/h5-6,9-10,13H,3-4,7-8H2,1-2H3. The number of likely N-dealkylation sites (tertiary alicyclic amines) is 1. The van der Waals surface area contributed by atoms with Crippen LogP contribution in [0.25, 0.3) is 0 Å². The van der Waals surface area contributed by atoms with E-state index in [1.165, 1.54) is 0 Å². The second-order valence-corrected chi connectivity index (χ2v) is 5.65. The lowest BCUT2D eigenvalue weighted by molar-refractivity contribution is -0.133. The van der Waals surface area contributed by atoms with Crippen molar-refractivity contribution >= 4 is 17.2 Å². The number of carbonyl (C=O) groups is 1. The number of likely N-dealkylation sites (N-methyl/N-ethyl adjacent to an activating group) is 1. The molecule has 2 unspecified atom stereocenters. The highest BCUT2D eigenvalue weighted by Gasteiger charge is 2.28. The minimum absolute atomic E-state index is 0.0279. The molecule has 0 spiro atoms. The summed E-state index contributed by atoms with van der Waals surface area (Å²) in [6.07, 6.45) is 3.83. The summed E-state index contributed by atoms with van der Waals surface area (Å²) in [6, 6.07) is -0.0279. The second-order valence-electron chi connectivity index (χ2n) is 4.67. The Balaban J connectivity index is 2.09. The molecule has 0 bridgehead atoms. The van der Waals surface area contributed by atoms with E-state index < -0.39 is 0 Å². The normalized spacial score (nSPS) is 26.0. The molecule has 0 saturated carbocycles. The Labute approximate surface area is 106 Å². The van der Waals surface area contributed by atoms with E-state index in [2.05, 4.69) is 17.2 Å². The monoisotopic (exact) mass is 253 g/mol. The number of aromatic nitrogens is 1. The molecule has 1 amide bonds. The van der Waals surface area contributed by atoms with E-state index in [0.717, 1.165) is 24.4 Å². The number of hydrogen-bond acceptors (Lipinski definition) is 4. The number of nitrogens with zero attached hydrogens (tertiary/aromatic N) is 2. The quantitative estimate of drug-likeness (QED) is 0.887. The Hall–Kier alpha value is -0.940. The van der Waals surface area contributed by atoms with Crippen molar-refractivity contribution in [1.29, 1.82) is 0 Å². The Morgan fingerprint density at radius 1 is 1.59 bits per heavy atom. The molecule has 17 heavy (non-hydrogen) atoms. The molecule has 0 aromatic carbocycles. The number of rotatable bonds is 3. The van der Waals surface area contributed by atoms with Gasteiger partial charge in [-0.25, -0.2) is 4.98 Å². The molecule has 1 saturated heterocycles. The molecule has 2 heterocycles. The SMILES string of the molecule is CNC1CCC(C)CN(Cc2nccs2)C1=O. The first-order valence-corrected chi connectivity index (χ1v) is 6.93. The van der Waals surface area contributed by atoms with Crippen molar-refractivity contribution in [2.75, 3.05) is 13.6 Å². The van der Waals surface area contributed by atoms with Crippen LogP contribution in [0.2, 0.25) is 0 Å². The molecule has 1 aliphatic heterocycles. The lowest BCUT2D eigenvalue weighted by Gasteiger charge is -2.24. The fourth-order valence-corrected chi connectivity index (χ4v) is 2.89. The largest absolute Gasteiger partial charge is 0.334 e. The predicted octanol–water partition coefficient (Wildman–Crippen LogP) is 1.49. The molecule has 1 aromatic rings. The highest BCUT2D eigenvalue weighted by molar-refractivity contribution is 7.09. The van der Waals surface area contributed by atoms with E-state index in [-0.39, 0.29) is 11.9 Å². The first-order valence-electron chi connectivity index (χ1n) is 6.05. The highest BCUT2D eigenvalue weighted by Crippen LogP contribution is 2.19. The van der Waals surface area contributed by atoms with E-state index in [4.69, 9.17) is 0 Å². The van der Waals surface area contributed by atoms with Crippen LogP contribution in [0, 0.1) is 5.92 Å². The van der Waals surface area contributed by atoms with Gasteiger partial charge in [-0.05, 0) is 25.8 Å². The zero-order valence-corrected chi connectivity index (χ0v) is 11.2. The lowest BCUT2D eigenvalue weighted by atomic mass is 10.0. The number of carbonyl (C=O) groups excluding carboxylic acids is 1. The molecule has 1 aliphatic rings. The molecule has 94 valence electrons. The van der Waals surface area contributed by atoms with Gasteiger partial charge < -0.3 is 10.2 Å². The summed E-state index contributed by atoms with van der Waals surface area (Å²) in [5.41, 5.74) is 0. The van der Waals surface area contributed by atoms with Gasteiger partial charge in [-0.3, -0.25) is 4.79 Å². The van der Waals surface area contributed by atoms with Crippen molar-refractivity contribution in [3.05, 3.63) is 16.6 Å². The van der Waals surface area contributed by atoms with Crippen molar-refractivity contribution in [3.8, 4) is 0 Å². The van der Waals surface area contributed by atoms with Gasteiger partial charge in [-0.1, -0.05) is 6.92 Å². The molecular formula is C12H19N3OS. The molecule has 1 N–H and O–H groups in total. The average Bonchev–Trinajstić information content (AvgIpc) is 2.77. The van der Waals surface area contributed by atoms with Crippen molar-refractivity contribution in [3.63, 3.8) is 0 Å². The summed E-state index contributed by atoms with van der Waals surface area (Å²) >= 11 is 1.61. The van der Waals surface area contributed by atoms with Crippen LogP contribution in [0.15, 0.2) is 11.6 Å². The minimum Gasteiger partial charge on any atom is -0.334 e. The van der Waals surface area contributed by atoms with E-state index in [9.17, 15) is 4.79 Å². The van der Waals surface area contributed by atoms with Gasteiger partial charge in [0, 0.05) is 18.1 Å². The maximum Gasteiger partial charge on any atom is 0.240 e. The van der Waals surface area contributed by atoms with Gasteiger partial charge in [0.2, 0.25) is 5.91 Å². The van der Waals surface area contributed by atoms with Crippen LogP contribution >= 0.6 is 11.3 Å². The van der Waals surface area contributed by atoms with Gasteiger partial charge in [0.25, 0.3) is 0 Å². The van der Waals surface area contributed by atoms with Crippen molar-refractivity contribution in [2.24, 2.45) is 5.92 Å². The number of amides is 1. The molecule has 4 nitrogen and oxygen atoms in total. The molecule has 1 fully saturated rings. The van der Waals surface area contributed by atoms with Crippen LogP contribution in [-0.4, -0.2) is 35.4 Å². The Morgan fingerprint density at radius 3 is 3.06 bits per heavy atom. The Kier molecular flexibility index (Phi) is 4.12. The summed E-state index contributed by atoms with van der Waals surface area (Å²) in [4.78, 5) is 18.5. The third-order valence-corrected chi connectivity index (χ3v) is 4.01. The second kappa shape index (κ2) is 5.60. The van der Waals surface area contributed by atoms with Gasteiger partial charge in [0.05, 0.1) is 12.6 Å². The van der Waals surface area contributed by atoms with Crippen molar-refractivity contribution < 1.29 is 4.79 Å². The highest BCUT2D eigenvalue weighted by atomic mass is 32.1. The van der Waals surface area contributed by atoms with Crippen LogP contribution in [0.5, 0.6) is 0 Å². The van der Waals surface area contributed by atoms with Crippen LogP contribution in [0.1, 0.15) is 24.8 Å². The summed E-state index contributed by atoms with van der Waals surface area (Å²) in [6.45, 7) is 3.70. The fourth-order valence-electron chi connectivity index (χ4n) is 2.26. The Bertz CT molecular complexity index is 366. The van der Waals surface area contributed by atoms with E-state index in [0.29, 0.717) is 12.5 Å². The fraction of sp³-hybridized carbons (Fsp3) is 0.667. The molecule has 5 heteroatoms. The summed E-state index contributed by atoms with van der Waals surface area (Å²) in [7, 11) is 1.86. The van der Waals surface area contributed by atoms with Crippen molar-refractivity contribution in [2.45, 2.75) is 32.4 Å². The molecule has 0 radical (unpaired) electrons. The van der Waals surface area contributed by atoms with Crippen LogP contribution < -0.4 is 5.32 Å². The average molecular weight is 253 g/mol. The molecule has 0 aliphatic carbocycles. The van der Waals surface area contributed by atoms with Crippen LogP contribution in [-0.2, 0) is 11.3 Å². The summed E-state index contributed by atoms with van der Waals surface area (Å²) < 4.78 is 0. The number of hydrogen-bond donors (Lipinski definition) is 1. The first-order chi connectivity index (χ1) is 8.20. The van der Waals surface area contributed by atoms with E-state index >= 15 is 0 Å². The number of thiazole rings is 1. The smallest absolute Gasteiger partial charge is 0.240 e. The van der Waals surface area contributed by atoms with E-state index in [1.807, 2.05) is 17.3 Å². The van der Waals surface area contributed by atoms with Crippen molar-refractivity contribution in [1.82, 2.24) is 15.2 Å². The molecule has 1 aromatic heterocycles. The van der Waals surface area contributed by atoms with Gasteiger partial charge >= 0.3 is 0 Å². The maximum atomic E-state index is 12.3. The van der Waals surface area contributed by atoms with Gasteiger partial charge in [-0.2, -0.15) is 0 Å².